The number of ether oxygens (including phenoxy) is 1. The summed E-state index contributed by atoms with van der Waals surface area (Å²) in [5.74, 6) is -1.19. The van der Waals surface area contributed by atoms with E-state index in [4.69, 9.17) is 4.74 Å². The molecule has 0 fully saturated rings. The third kappa shape index (κ3) is 3.93. The summed E-state index contributed by atoms with van der Waals surface area (Å²) < 4.78 is 5.23. The molecule has 0 aliphatic carbocycles. The predicted octanol–water partition coefficient (Wildman–Crippen LogP) is 3.59. The summed E-state index contributed by atoms with van der Waals surface area (Å²) in [6, 6.07) is 16.9. The number of nitrogens with zero attached hydrogens (tertiary/aromatic N) is 3. The Morgan fingerprint density at radius 1 is 1.06 bits per heavy atom. The number of fused-ring (bicyclic) bond motifs is 1. The number of anilines is 2. The first kappa shape index (κ1) is 21.5. The van der Waals surface area contributed by atoms with Crippen LogP contribution in [0.15, 0.2) is 71.5 Å². The van der Waals surface area contributed by atoms with Crippen molar-refractivity contribution in [1.29, 1.82) is 0 Å². The molecule has 0 unspecified atom stereocenters. The van der Waals surface area contributed by atoms with Crippen LogP contribution in [0.3, 0.4) is 0 Å². The second-order valence-electron chi connectivity index (χ2n) is 8.36. The number of esters is 1. The predicted molar refractivity (Wildman–Crippen MR) is 123 cm³/mol. The lowest BCUT2D eigenvalue weighted by atomic mass is 9.83. The average Bonchev–Trinajstić information content (AvgIpc) is 2.99. The molecule has 0 saturated heterocycles. The number of amides is 1. The average molecular weight is 431 g/mol. The second kappa shape index (κ2) is 8.42. The van der Waals surface area contributed by atoms with Gasteiger partial charge in [0.1, 0.15) is 5.71 Å². The van der Waals surface area contributed by atoms with E-state index in [1.54, 1.807) is 24.3 Å². The lowest BCUT2D eigenvalue weighted by Gasteiger charge is -2.24. The van der Waals surface area contributed by atoms with Gasteiger partial charge in [-0.05, 0) is 23.8 Å². The molecule has 0 N–H and O–H groups in total. The summed E-state index contributed by atoms with van der Waals surface area (Å²) in [7, 11) is 1.92. The van der Waals surface area contributed by atoms with Crippen LogP contribution < -0.4 is 9.91 Å². The number of carbonyl (C=O) groups excluding carboxylic acids is 3. The van der Waals surface area contributed by atoms with Gasteiger partial charge in [0.15, 0.2) is 12.4 Å². The van der Waals surface area contributed by atoms with E-state index >= 15 is 0 Å². The van der Waals surface area contributed by atoms with E-state index in [1.165, 1.54) is 11.1 Å². The molecule has 1 amide bonds. The second-order valence-corrected chi connectivity index (χ2v) is 8.36. The fourth-order valence-electron chi connectivity index (χ4n) is 4.14. The van der Waals surface area contributed by atoms with Gasteiger partial charge in [-0.15, -0.1) is 0 Å². The van der Waals surface area contributed by atoms with Crippen LogP contribution in [0.4, 0.5) is 11.4 Å². The van der Waals surface area contributed by atoms with E-state index in [9.17, 15) is 14.4 Å². The van der Waals surface area contributed by atoms with Gasteiger partial charge in [0.05, 0.1) is 5.69 Å². The summed E-state index contributed by atoms with van der Waals surface area (Å²) >= 11 is 0. The van der Waals surface area contributed by atoms with Gasteiger partial charge in [0.25, 0.3) is 0 Å². The van der Waals surface area contributed by atoms with E-state index in [2.05, 4.69) is 25.0 Å². The molecule has 2 aliphatic rings. The van der Waals surface area contributed by atoms with E-state index in [0.29, 0.717) is 5.69 Å². The Morgan fingerprint density at radius 2 is 1.75 bits per heavy atom. The minimum absolute atomic E-state index is 0.125. The third-order valence-corrected chi connectivity index (χ3v) is 5.85. The molecule has 0 radical (unpaired) electrons. The Morgan fingerprint density at radius 3 is 2.47 bits per heavy atom. The summed E-state index contributed by atoms with van der Waals surface area (Å²) in [5, 5.41) is 5.37. The van der Waals surface area contributed by atoms with Gasteiger partial charge in [0.2, 0.25) is 5.91 Å². The van der Waals surface area contributed by atoms with E-state index < -0.39 is 5.97 Å². The van der Waals surface area contributed by atoms with Crippen LogP contribution in [0.25, 0.3) is 0 Å². The highest BCUT2D eigenvalue weighted by molar-refractivity contribution is 6.38. The van der Waals surface area contributed by atoms with Crippen LogP contribution in [-0.4, -0.2) is 37.0 Å². The minimum Gasteiger partial charge on any atom is -0.453 e. The highest BCUT2D eigenvalue weighted by atomic mass is 16.5. The number of benzene rings is 2. The number of hydrazone groups is 1. The van der Waals surface area contributed by atoms with Gasteiger partial charge >= 0.3 is 5.97 Å². The maximum Gasteiger partial charge on any atom is 0.354 e. The number of ketones is 1. The number of carbonyl (C=O) groups is 3. The number of allylic oxidation sites excluding steroid dienone is 1. The van der Waals surface area contributed by atoms with Crippen LogP contribution in [0.2, 0.25) is 0 Å². The van der Waals surface area contributed by atoms with Crippen LogP contribution in [0, 0.1) is 0 Å². The van der Waals surface area contributed by atoms with Crippen LogP contribution in [0.5, 0.6) is 0 Å². The Hall–Kier alpha value is -3.74. The Labute approximate surface area is 187 Å². The summed E-state index contributed by atoms with van der Waals surface area (Å²) in [6.45, 7) is 3.74. The van der Waals surface area contributed by atoms with Gasteiger partial charge in [-0.1, -0.05) is 50.2 Å². The van der Waals surface area contributed by atoms with Crippen molar-refractivity contribution in [1.82, 2.24) is 0 Å². The summed E-state index contributed by atoms with van der Waals surface area (Å²) in [4.78, 5) is 39.3. The monoisotopic (exact) mass is 431 g/mol. The number of hydrogen-bond acceptors (Lipinski definition) is 6. The van der Waals surface area contributed by atoms with Crippen LogP contribution >= 0.6 is 0 Å². The Bertz CT molecular complexity index is 1130. The molecular weight excluding hydrogens is 406 g/mol. The molecule has 164 valence electrons. The standard InChI is InChI=1S/C25H25N3O4/c1-25(2)19-11-7-8-12-21(19)27(3)22(25)15-18(29)16-32-24(31)20-13-14-23(30)28(26-20)17-9-5-4-6-10-17/h4-12,15H,13-14,16H2,1-3H3/b22-15-. The molecule has 4 rings (SSSR count). The lowest BCUT2D eigenvalue weighted by molar-refractivity contribution is -0.140. The smallest absolute Gasteiger partial charge is 0.354 e. The van der Waals surface area contributed by atoms with Crippen molar-refractivity contribution in [2.45, 2.75) is 32.1 Å². The van der Waals surface area contributed by atoms with Gasteiger partial charge < -0.3 is 9.64 Å². The van der Waals surface area contributed by atoms with Crippen molar-refractivity contribution >= 4 is 34.7 Å². The molecule has 0 bridgehead atoms. The number of hydrogen-bond donors (Lipinski definition) is 0. The molecule has 7 heteroatoms. The van der Waals surface area contributed by atoms with Crippen LogP contribution in [-0.2, 0) is 24.5 Å². The topological polar surface area (TPSA) is 79.3 Å². The lowest BCUT2D eigenvalue weighted by Crippen LogP contribution is -2.35. The van der Waals surface area contributed by atoms with Crippen molar-refractivity contribution in [2.24, 2.45) is 5.10 Å². The normalized spacial score (nSPS) is 18.4. The maximum absolute atomic E-state index is 12.6. The highest BCUT2D eigenvalue weighted by Gasteiger charge is 2.38. The Kier molecular flexibility index (Phi) is 5.65. The molecule has 2 aromatic carbocycles. The summed E-state index contributed by atoms with van der Waals surface area (Å²) in [6.07, 6.45) is 1.87. The molecule has 32 heavy (non-hydrogen) atoms. The molecule has 2 aliphatic heterocycles. The molecule has 2 heterocycles. The van der Waals surface area contributed by atoms with Gasteiger partial charge in [0, 0.05) is 42.8 Å². The van der Waals surface area contributed by atoms with Crippen molar-refractivity contribution in [3.8, 4) is 0 Å². The summed E-state index contributed by atoms with van der Waals surface area (Å²) in [5.41, 5.74) is 3.40. The zero-order chi connectivity index (χ0) is 22.9. The van der Waals surface area contributed by atoms with Crippen molar-refractivity contribution in [3.05, 3.63) is 71.9 Å². The highest BCUT2D eigenvalue weighted by Crippen LogP contribution is 2.46. The van der Waals surface area contributed by atoms with Crippen molar-refractivity contribution in [2.75, 3.05) is 23.6 Å². The van der Waals surface area contributed by atoms with Gasteiger partial charge in [-0.3, -0.25) is 9.59 Å². The SMILES string of the molecule is CN1/C(=C\C(=O)COC(=O)C2=NN(c3ccccc3)C(=O)CC2)C(C)(C)c2ccccc21. The fourth-order valence-corrected chi connectivity index (χ4v) is 4.14. The maximum atomic E-state index is 12.6. The molecule has 0 aromatic heterocycles. The van der Waals surface area contributed by atoms with E-state index in [1.807, 2.05) is 36.2 Å². The number of para-hydroxylation sites is 2. The van der Waals surface area contributed by atoms with Crippen molar-refractivity contribution in [3.63, 3.8) is 0 Å². The molecule has 2 aromatic rings. The minimum atomic E-state index is -0.687. The van der Waals surface area contributed by atoms with Gasteiger partial charge in [-0.2, -0.15) is 5.10 Å². The molecule has 0 spiro atoms. The molecule has 0 atom stereocenters. The molecule has 0 saturated carbocycles. The van der Waals surface area contributed by atoms with Crippen LogP contribution in [0.1, 0.15) is 32.3 Å². The number of likely N-dealkylation sites (N-methyl/N-ethyl adjacent to an activating group) is 1. The quantitative estimate of drug-likeness (QED) is 0.534. The molecular formula is C25H25N3O4. The van der Waals surface area contributed by atoms with E-state index in [0.717, 1.165) is 16.9 Å². The number of rotatable bonds is 5. The first-order chi connectivity index (χ1) is 15.3. The van der Waals surface area contributed by atoms with Gasteiger partial charge in [-0.25, -0.2) is 9.80 Å². The molecule has 7 nitrogen and oxygen atoms in total. The Balaban J connectivity index is 1.44. The first-order valence-electron chi connectivity index (χ1n) is 10.5. The fraction of sp³-hybridized carbons (Fsp3) is 0.280. The van der Waals surface area contributed by atoms with E-state index in [-0.39, 0.29) is 42.3 Å². The first-order valence-corrected chi connectivity index (χ1v) is 10.5. The largest absolute Gasteiger partial charge is 0.453 e. The zero-order valence-corrected chi connectivity index (χ0v) is 18.4. The zero-order valence-electron chi connectivity index (χ0n) is 18.4. The third-order valence-electron chi connectivity index (χ3n) is 5.85. The van der Waals surface area contributed by atoms with Crippen molar-refractivity contribution < 1.29 is 19.1 Å².